The number of benzene rings is 3. The van der Waals surface area contributed by atoms with Gasteiger partial charge in [-0.1, -0.05) is 49.2 Å². The van der Waals surface area contributed by atoms with Crippen molar-refractivity contribution in [3.05, 3.63) is 112 Å². The quantitative estimate of drug-likeness (QED) is 0.207. The van der Waals surface area contributed by atoms with Crippen molar-refractivity contribution in [1.29, 1.82) is 0 Å². The molecule has 0 radical (unpaired) electrons. The van der Waals surface area contributed by atoms with Gasteiger partial charge in [0.2, 0.25) is 11.6 Å². The maximum atomic E-state index is 7.06. The van der Waals surface area contributed by atoms with Crippen LogP contribution >= 0.6 is 0 Å². The smallest absolute Gasteiger partial charge is 0.324 e. The fourth-order valence-corrected chi connectivity index (χ4v) is 5.12. The number of aromatic nitrogens is 1. The van der Waals surface area contributed by atoms with Crippen LogP contribution in [0.3, 0.4) is 0 Å². The van der Waals surface area contributed by atoms with E-state index < -0.39 is 0 Å². The Kier molecular flexibility index (Phi) is 7.91. The molecule has 0 atom stereocenters. The summed E-state index contributed by atoms with van der Waals surface area (Å²) in [5.74, 6) is 2.92. The van der Waals surface area contributed by atoms with Gasteiger partial charge in [-0.05, 0) is 85.4 Å². The Hall–Kier alpha value is -4.52. The van der Waals surface area contributed by atoms with Gasteiger partial charge in [0.25, 0.3) is 0 Å². The van der Waals surface area contributed by atoms with Gasteiger partial charge in [-0.2, -0.15) is 0 Å². The highest BCUT2D eigenvalue weighted by molar-refractivity contribution is 6.73. The number of aryl methyl sites for hydroxylation is 3. The molecule has 6 nitrogen and oxygen atoms in total. The van der Waals surface area contributed by atoms with Crippen molar-refractivity contribution < 1.29 is 14.1 Å². The summed E-state index contributed by atoms with van der Waals surface area (Å²) in [6, 6.07) is 21.3. The summed E-state index contributed by atoms with van der Waals surface area (Å²) in [7, 11) is 0. The van der Waals surface area contributed by atoms with Gasteiger partial charge < -0.3 is 14.1 Å². The lowest BCUT2D eigenvalue weighted by Crippen LogP contribution is -2.23. The molecule has 2 aliphatic rings. The van der Waals surface area contributed by atoms with Crippen molar-refractivity contribution in [3.63, 3.8) is 0 Å². The molecule has 0 fully saturated rings. The zero-order valence-corrected chi connectivity index (χ0v) is 23.2. The predicted octanol–water partition coefficient (Wildman–Crippen LogP) is 7.32. The molecule has 0 saturated carbocycles. The van der Waals surface area contributed by atoms with E-state index in [1.165, 1.54) is 22.8 Å². The first-order valence-corrected chi connectivity index (χ1v) is 13.4. The first kappa shape index (κ1) is 27.1. The van der Waals surface area contributed by atoms with Crippen LogP contribution in [0, 0.1) is 27.0 Å². The number of pyridine rings is 1. The van der Waals surface area contributed by atoms with Gasteiger partial charge >= 0.3 is 6.92 Å². The molecule has 2 aliphatic heterocycles. The Morgan fingerprint density at radius 3 is 2.15 bits per heavy atom. The number of rotatable bonds is 4. The van der Waals surface area contributed by atoms with Crippen LogP contribution in [0.4, 0.5) is 11.4 Å². The van der Waals surface area contributed by atoms with E-state index in [0.717, 1.165) is 34.8 Å². The van der Waals surface area contributed by atoms with Crippen LogP contribution < -0.4 is 20.4 Å². The normalized spacial score (nSPS) is 12.9. The highest BCUT2D eigenvalue weighted by Gasteiger charge is 2.24. The molecular formula is C32H29B2N3O3. The minimum absolute atomic E-state index is 0.150. The van der Waals surface area contributed by atoms with Crippen LogP contribution in [0.1, 0.15) is 22.4 Å². The molecule has 6 rings (SSSR count). The lowest BCUT2D eigenvalue weighted by atomic mass is 9.48. The third-order valence-electron chi connectivity index (χ3n) is 7.43. The van der Waals surface area contributed by atoms with Crippen LogP contribution in [-0.2, 0) is 17.7 Å². The van der Waals surface area contributed by atoms with Crippen molar-refractivity contribution in [3.8, 4) is 23.1 Å². The van der Waals surface area contributed by atoms with E-state index in [1.54, 1.807) is 19.1 Å². The van der Waals surface area contributed by atoms with E-state index in [2.05, 4.69) is 33.6 Å². The Morgan fingerprint density at radius 1 is 0.775 bits per heavy atom. The fourth-order valence-electron chi connectivity index (χ4n) is 5.12. The molecule has 1 aromatic heterocycles. The van der Waals surface area contributed by atoms with Crippen molar-refractivity contribution >= 4 is 35.9 Å². The molecule has 4 aromatic rings. The Balaban J connectivity index is 0.000000161. The molecule has 0 spiro atoms. The second-order valence-electron chi connectivity index (χ2n) is 10.2. The summed E-state index contributed by atoms with van der Waals surface area (Å²) in [5.41, 5.74) is 8.09. The zero-order valence-electron chi connectivity index (χ0n) is 23.2. The Labute approximate surface area is 236 Å². The monoisotopic (exact) mass is 525 g/mol. The Bertz CT molecular complexity index is 1540. The molecule has 0 aliphatic carbocycles. The Morgan fingerprint density at radius 2 is 1.43 bits per heavy atom. The SMILES string of the molecule is [C-]#[N+]c1ccc(Oc2ccc3c(c2)CCB3C)cc1C.[C-]#[N+]c1ccc(Oc2ccc3c(c2)COB3C)nc1C. The molecule has 0 bridgehead atoms. The van der Waals surface area contributed by atoms with Crippen LogP contribution in [0.25, 0.3) is 9.69 Å². The summed E-state index contributed by atoms with van der Waals surface area (Å²) in [5, 5.41) is 0. The highest BCUT2D eigenvalue weighted by atomic mass is 16.5. The van der Waals surface area contributed by atoms with E-state index in [9.17, 15) is 0 Å². The van der Waals surface area contributed by atoms with Crippen molar-refractivity contribution in [1.82, 2.24) is 4.98 Å². The molecule has 0 saturated heterocycles. The standard InChI is InChI=1S/C17H16BNO.C15H13BN2O2/c1-12-10-14(5-7-17(12)19-3)20-15-4-6-16-13(11-15)8-9-18(16)2;1-10-14(17-3)6-7-15(18-10)20-12-4-5-13-11(8-12)9-19-16(13)2/h4-7,10-11H,8-9H2,1-2H3;4-8H,9H2,1-2H3. The van der Waals surface area contributed by atoms with Crippen LogP contribution in [0.2, 0.25) is 20.0 Å². The molecule has 3 heterocycles. The highest BCUT2D eigenvalue weighted by Crippen LogP contribution is 2.29. The summed E-state index contributed by atoms with van der Waals surface area (Å²) in [6.45, 7) is 23.6. The van der Waals surface area contributed by atoms with E-state index in [1.807, 2.05) is 56.2 Å². The first-order chi connectivity index (χ1) is 19.3. The third-order valence-corrected chi connectivity index (χ3v) is 7.43. The molecule has 0 N–H and O–H groups in total. The van der Waals surface area contributed by atoms with Gasteiger partial charge in [-0.3, -0.25) is 0 Å². The minimum Gasteiger partial charge on any atom is -0.457 e. The number of hydrogen-bond donors (Lipinski definition) is 0. The van der Waals surface area contributed by atoms with Crippen LogP contribution in [0.5, 0.6) is 23.1 Å². The summed E-state index contributed by atoms with van der Waals surface area (Å²) >= 11 is 0. The first-order valence-electron chi connectivity index (χ1n) is 13.4. The van der Waals surface area contributed by atoms with E-state index in [0.29, 0.717) is 36.3 Å². The number of nitrogens with zero attached hydrogens (tertiary/aromatic N) is 3. The molecule has 8 heteroatoms. The molecule has 3 aromatic carbocycles. The van der Waals surface area contributed by atoms with Gasteiger partial charge in [-0.15, -0.1) is 0 Å². The second-order valence-corrected chi connectivity index (χ2v) is 10.2. The molecule has 0 unspecified atom stereocenters. The predicted molar refractivity (Wildman–Crippen MR) is 162 cm³/mol. The summed E-state index contributed by atoms with van der Waals surface area (Å²) < 4.78 is 17.2. The van der Waals surface area contributed by atoms with Gasteiger partial charge in [0.1, 0.15) is 17.2 Å². The van der Waals surface area contributed by atoms with Crippen molar-refractivity contribution in [2.45, 2.75) is 46.8 Å². The molecular weight excluding hydrogens is 496 g/mol. The number of hydrogen-bond acceptors (Lipinski definition) is 4. The largest absolute Gasteiger partial charge is 0.457 e. The molecule has 0 amide bonds. The lowest BCUT2D eigenvalue weighted by Gasteiger charge is -2.09. The summed E-state index contributed by atoms with van der Waals surface area (Å²) in [4.78, 5) is 11.1. The maximum absolute atomic E-state index is 7.06. The van der Waals surface area contributed by atoms with E-state index in [-0.39, 0.29) is 6.92 Å². The summed E-state index contributed by atoms with van der Waals surface area (Å²) in [6.07, 6.45) is 2.38. The number of fused-ring (bicyclic) bond motifs is 2. The van der Waals surface area contributed by atoms with Crippen molar-refractivity contribution in [2.75, 3.05) is 0 Å². The number of ether oxygens (including phenoxy) is 2. The molecule has 40 heavy (non-hydrogen) atoms. The average Bonchev–Trinajstić information content (AvgIpc) is 3.50. The minimum atomic E-state index is 0.150. The molecule has 196 valence electrons. The topological polar surface area (TPSA) is 49.3 Å². The fraction of sp³-hybridized carbons (Fsp3) is 0.219. The van der Waals surface area contributed by atoms with Gasteiger partial charge in [0, 0.05) is 5.69 Å². The third kappa shape index (κ3) is 5.88. The second kappa shape index (κ2) is 11.7. The maximum Gasteiger partial charge on any atom is 0.324 e. The lowest BCUT2D eigenvalue weighted by molar-refractivity contribution is 0.333. The van der Waals surface area contributed by atoms with E-state index >= 15 is 0 Å². The van der Waals surface area contributed by atoms with Crippen LogP contribution in [0.15, 0.2) is 66.7 Å². The van der Waals surface area contributed by atoms with Gasteiger partial charge in [0.15, 0.2) is 12.4 Å². The average molecular weight is 525 g/mol. The van der Waals surface area contributed by atoms with Gasteiger partial charge in [-0.25, -0.2) is 14.7 Å². The van der Waals surface area contributed by atoms with Gasteiger partial charge in [0.05, 0.1) is 19.8 Å². The van der Waals surface area contributed by atoms with E-state index in [4.69, 9.17) is 27.3 Å². The zero-order chi connectivity index (χ0) is 28.2. The van der Waals surface area contributed by atoms with Crippen LogP contribution in [-0.4, -0.2) is 18.6 Å². The van der Waals surface area contributed by atoms with Crippen molar-refractivity contribution in [2.24, 2.45) is 0 Å².